The fourth-order valence-electron chi connectivity index (χ4n) is 3.81. The maximum absolute atomic E-state index is 12.8. The number of hydrogen-bond acceptors (Lipinski definition) is 4. The first-order chi connectivity index (χ1) is 13.6. The number of ether oxygens (including phenoxy) is 2. The van der Waals surface area contributed by atoms with Gasteiger partial charge in [-0.1, -0.05) is 37.3 Å². The molecular formula is C23H26N2O3. The van der Waals surface area contributed by atoms with Crippen molar-refractivity contribution in [2.75, 3.05) is 19.6 Å². The standard InChI is InChI=1S/C23H26N2O3/c1-3-25-12-11-19(14-25)28-18-9-10-21-20(13-18)22(16(2)24-21)23(26)27-15-17-7-5-4-6-8-17/h4-10,13,19,24H,3,11-12,14-15H2,1-2H3. The molecule has 1 atom stereocenters. The average molecular weight is 378 g/mol. The molecule has 1 aliphatic rings. The zero-order valence-electron chi connectivity index (χ0n) is 16.4. The molecule has 1 N–H and O–H groups in total. The number of nitrogens with one attached hydrogen (secondary N) is 1. The number of carbonyl (C=O) groups is 1. The Morgan fingerprint density at radius 1 is 1.21 bits per heavy atom. The van der Waals surface area contributed by atoms with Crippen LogP contribution in [0.3, 0.4) is 0 Å². The number of carbonyl (C=O) groups excluding carboxylic acids is 1. The number of aryl methyl sites for hydroxylation is 1. The third-order valence-corrected chi connectivity index (χ3v) is 5.35. The van der Waals surface area contributed by atoms with Crippen molar-refractivity contribution >= 4 is 16.9 Å². The molecule has 1 unspecified atom stereocenters. The number of aromatic amines is 1. The van der Waals surface area contributed by atoms with Gasteiger partial charge in [-0.15, -0.1) is 0 Å². The van der Waals surface area contributed by atoms with Crippen molar-refractivity contribution in [3.63, 3.8) is 0 Å². The molecule has 0 amide bonds. The topological polar surface area (TPSA) is 54.6 Å². The number of aromatic nitrogens is 1. The Morgan fingerprint density at radius 3 is 2.79 bits per heavy atom. The molecule has 0 aliphatic carbocycles. The molecular weight excluding hydrogens is 352 g/mol. The molecule has 0 radical (unpaired) electrons. The number of nitrogens with zero attached hydrogens (tertiary/aromatic N) is 1. The summed E-state index contributed by atoms with van der Waals surface area (Å²) in [5, 5.41) is 0.846. The maximum atomic E-state index is 12.8. The number of fused-ring (bicyclic) bond motifs is 1. The Kier molecular flexibility index (Phi) is 5.35. The molecule has 2 heterocycles. The van der Waals surface area contributed by atoms with Crippen LogP contribution in [-0.4, -0.2) is 41.6 Å². The number of rotatable bonds is 6. The van der Waals surface area contributed by atoms with E-state index in [2.05, 4.69) is 16.8 Å². The maximum Gasteiger partial charge on any atom is 0.340 e. The van der Waals surface area contributed by atoms with Gasteiger partial charge in [-0.2, -0.15) is 0 Å². The lowest BCUT2D eigenvalue weighted by atomic mass is 10.1. The normalized spacial score (nSPS) is 17.1. The van der Waals surface area contributed by atoms with E-state index in [0.717, 1.165) is 54.0 Å². The van der Waals surface area contributed by atoms with Crippen LogP contribution in [-0.2, 0) is 11.3 Å². The molecule has 28 heavy (non-hydrogen) atoms. The average Bonchev–Trinajstić information content (AvgIpc) is 3.30. The highest BCUT2D eigenvalue weighted by Crippen LogP contribution is 2.28. The van der Waals surface area contributed by atoms with Crippen molar-refractivity contribution in [1.82, 2.24) is 9.88 Å². The van der Waals surface area contributed by atoms with Crippen LogP contribution in [0.2, 0.25) is 0 Å². The number of hydrogen-bond donors (Lipinski definition) is 1. The summed E-state index contributed by atoms with van der Waals surface area (Å²) in [4.78, 5) is 18.4. The summed E-state index contributed by atoms with van der Waals surface area (Å²) in [5.41, 5.74) is 3.28. The van der Waals surface area contributed by atoms with Gasteiger partial charge in [-0.3, -0.25) is 4.90 Å². The third-order valence-electron chi connectivity index (χ3n) is 5.35. The highest BCUT2D eigenvalue weighted by molar-refractivity contribution is 6.05. The second-order valence-electron chi connectivity index (χ2n) is 7.32. The van der Waals surface area contributed by atoms with Crippen molar-refractivity contribution in [3.05, 3.63) is 65.4 Å². The molecule has 0 saturated carbocycles. The fraction of sp³-hybridized carbons (Fsp3) is 0.348. The summed E-state index contributed by atoms with van der Waals surface area (Å²) in [6, 6.07) is 15.6. The van der Waals surface area contributed by atoms with E-state index in [0.29, 0.717) is 5.56 Å². The molecule has 146 valence electrons. The highest BCUT2D eigenvalue weighted by Gasteiger charge is 2.23. The van der Waals surface area contributed by atoms with Gasteiger partial charge in [-0.25, -0.2) is 4.79 Å². The molecule has 0 bridgehead atoms. The second-order valence-corrected chi connectivity index (χ2v) is 7.32. The molecule has 1 saturated heterocycles. The van der Waals surface area contributed by atoms with Crippen LogP contribution in [0.1, 0.15) is 35.0 Å². The smallest absolute Gasteiger partial charge is 0.340 e. The SMILES string of the molecule is CCN1CCC(Oc2ccc3[nH]c(C)c(C(=O)OCc4ccccc4)c3c2)C1. The number of benzene rings is 2. The van der Waals surface area contributed by atoms with Crippen molar-refractivity contribution in [1.29, 1.82) is 0 Å². The van der Waals surface area contributed by atoms with Gasteiger partial charge in [-0.05, 0) is 43.7 Å². The van der Waals surface area contributed by atoms with Crippen molar-refractivity contribution in [3.8, 4) is 5.75 Å². The zero-order chi connectivity index (χ0) is 19.5. The Morgan fingerprint density at radius 2 is 2.04 bits per heavy atom. The van der Waals surface area contributed by atoms with E-state index < -0.39 is 0 Å². The molecule has 5 heteroatoms. The molecule has 1 aromatic heterocycles. The molecule has 2 aromatic carbocycles. The van der Waals surface area contributed by atoms with Crippen LogP contribution in [0.15, 0.2) is 48.5 Å². The van der Waals surface area contributed by atoms with Crippen LogP contribution in [0.4, 0.5) is 0 Å². The Hall–Kier alpha value is -2.79. The molecule has 1 fully saturated rings. The van der Waals surface area contributed by atoms with E-state index >= 15 is 0 Å². The third kappa shape index (κ3) is 3.90. The van der Waals surface area contributed by atoms with Gasteiger partial charge in [0.2, 0.25) is 0 Å². The molecule has 4 rings (SSSR count). The van der Waals surface area contributed by atoms with Gasteiger partial charge in [0.05, 0.1) is 5.56 Å². The summed E-state index contributed by atoms with van der Waals surface area (Å²) < 4.78 is 11.7. The van der Waals surface area contributed by atoms with Crippen molar-refractivity contribution in [2.45, 2.75) is 33.0 Å². The number of likely N-dealkylation sites (tertiary alicyclic amines) is 1. The Labute approximate surface area is 165 Å². The van der Waals surface area contributed by atoms with Crippen molar-refractivity contribution < 1.29 is 14.3 Å². The van der Waals surface area contributed by atoms with Crippen LogP contribution in [0.5, 0.6) is 5.75 Å². The van der Waals surface area contributed by atoms with E-state index in [1.54, 1.807) is 0 Å². The summed E-state index contributed by atoms with van der Waals surface area (Å²) in [6.07, 6.45) is 1.23. The number of esters is 1. The summed E-state index contributed by atoms with van der Waals surface area (Å²) >= 11 is 0. The minimum Gasteiger partial charge on any atom is -0.489 e. The number of H-pyrrole nitrogens is 1. The Balaban J connectivity index is 1.52. The van der Waals surface area contributed by atoms with Crippen LogP contribution >= 0.6 is 0 Å². The number of likely N-dealkylation sites (N-methyl/N-ethyl adjacent to an activating group) is 1. The van der Waals surface area contributed by atoms with E-state index in [1.165, 1.54) is 0 Å². The minimum absolute atomic E-state index is 0.200. The summed E-state index contributed by atoms with van der Waals surface area (Å²) in [5.74, 6) is 0.481. The van der Waals surface area contributed by atoms with Gasteiger partial charge in [0, 0.05) is 29.7 Å². The van der Waals surface area contributed by atoms with Gasteiger partial charge < -0.3 is 14.5 Å². The summed E-state index contributed by atoms with van der Waals surface area (Å²) in [7, 11) is 0. The highest BCUT2D eigenvalue weighted by atomic mass is 16.5. The predicted molar refractivity (Wildman–Crippen MR) is 110 cm³/mol. The first kappa shape index (κ1) is 18.6. The van der Waals surface area contributed by atoms with Gasteiger partial charge in [0.1, 0.15) is 18.5 Å². The largest absolute Gasteiger partial charge is 0.489 e. The lowest BCUT2D eigenvalue weighted by molar-refractivity contribution is 0.0474. The Bertz CT molecular complexity index is 965. The van der Waals surface area contributed by atoms with Crippen molar-refractivity contribution in [2.24, 2.45) is 0 Å². The van der Waals surface area contributed by atoms with Crippen LogP contribution < -0.4 is 4.74 Å². The summed E-state index contributed by atoms with van der Waals surface area (Å²) in [6.45, 7) is 7.40. The minimum atomic E-state index is -0.317. The van der Waals surface area contributed by atoms with E-state index in [1.807, 2.05) is 55.5 Å². The lowest BCUT2D eigenvalue weighted by Crippen LogP contribution is -2.24. The first-order valence-electron chi connectivity index (χ1n) is 9.86. The molecule has 3 aromatic rings. The monoisotopic (exact) mass is 378 g/mol. The van der Waals surface area contributed by atoms with Crippen LogP contribution in [0.25, 0.3) is 10.9 Å². The second kappa shape index (κ2) is 8.07. The van der Waals surface area contributed by atoms with Crippen LogP contribution in [0, 0.1) is 6.92 Å². The molecule has 5 nitrogen and oxygen atoms in total. The zero-order valence-corrected chi connectivity index (χ0v) is 16.4. The van der Waals surface area contributed by atoms with E-state index in [9.17, 15) is 4.79 Å². The fourth-order valence-corrected chi connectivity index (χ4v) is 3.81. The lowest BCUT2D eigenvalue weighted by Gasteiger charge is -2.15. The van der Waals surface area contributed by atoms with E-state index in [-0.39, 0.29) is 18.7 Å². The molecule has 0 spiro atoms. The quantitative estimate of drug-likeness (QED) is 0.650. The van der Waals surface area contributed by atoms with Gasteiger partial charge in [0.25, 0.3) is 0 Å². The predicted octanol–water partition coefficient (Wildman–Crippen LogP) is 4.31. The van der Waals surface area contributed by atoms with E-state index in [4.69, 9.17) is 9.47 Å². The van der Waals surface area contributed by atoms with Gasteiger partial charge in [0.15, 0.2) is 0 Å². The van der Waals surface area contributed by atoms with Gasteiger partial charge >= 0.3 is 5.97 Å². The molecule has 1 aliphatic heterocycles. The first-order valence-corrected chi connectivity index (χ1v) is 9.86.